The third-order valence-corrected chi connectivity index (χ3v) is 5.68. The van der Waals surface area contributed by atoms with Crippen molar-refractivity contribution in [3.63, 3.8) is 0 Å². The molecule has 3 rings (SSSR count). The van der Waals surface area contributed by atoms with Crippen molar-refractivity contribution >= 4 is 34.1 Å². The number of esters is 1. The Hall–Kier alpha value is -3.65. The van der Waals surface area contributed by atoms with Crippen LogP contribution in [0.1, 0.15) is 33.2 Å². The maximum atomic E-state index is 12.6. The lowest BCUT2D eigenvalue weighted by atomic mass is 10.1. The molecule has 0 atom stereocenters. The summed E-state index contributed by atoms with van der Waals surface area (Å²) in [7, 11) is 0. The topological polar surface area (TPSA) is 108 Å². The minimum atomic E-state index is -0.651. The largest absolute Gasteiger partial charge is 0.483 e. The van der Waals surface area contributed by atoms with E-state index in [1.807, 2.05) is 37.3 Å². The van der Waals surface area contributed by atoms with Crippen molar-refractivity contribution in [3.05, 3.63) is 71.3 Å². The first-order chi connectivity index (χ1) is 14.9. The van der Waals surface area contributed by atoms with Crippen LogP contribution >= 0.6 is 11.3 Å². The molecule has 2 aromatic carbocycles. The number of para-hydroxylation sites is 1. The van der Waals surface area contributed by atoms with Crippen LogP contribution in [0.15, 0.2) is 54.6 Å². The van der Waals surface area contributed by atoms with E-state index in [1.54, 1.807) is 25.1 Å². The summed E-state index contributed by atoms with van der Waals surface area (Å²) in [4.78, 5) is 37.5. The summed E-state index contributed by atoms with van der Waals surface area (Å²) < 4.78 is 10.7. The second kappa shape index (κ2) is 9.90. The number of anilines is 1. The van der Waals surface area contributed by atoms with E-state index in [1.165, 1.54) is 17.4 Å². The standard InChI is InChI=1S/C23H22N2O5S/c1-3-29-23(28)19-14(2)20(15-9-5-4-6-10-15)31-22(19)25-18(26)13-30-17-12-8-7-11-16(17)21(24)27/h4-12H,3,13H2,1-2H3,(H2,24,27)(H,25,26). The number of rotatable bonds is 8. The summed E-state index contributed by atoms with van der Waals surface area (Å²) in [5, 5.41) is 3.12. The fourth-order valence-corrected chi connectivity index (χ4v) is 4.23. The highest BCUT2D eigenvalue weighted by Crippen LogP contribution is 2.40. The Morgan fingerprint density at radius 3 is 2.39 bits per heavy atom. The quantitative estimate of drug-likeness (QED) is 0.517. The van der Waals surface area contributed by atoms with Crippen LogP contribution in [0.5, 0.6) is 5.75 Å². The second-order valence-electron chi connectivity index (χ2n) is 6.54. The normalized spacial score (nSPS) is 10.4. The molecule has 1 aromatic heterocycles. The summed E-state index contributed by atoms with van der Waals surface area (Å²) in [5.41, 5.74) is 7.49. The molecule has 0 aliphatic heterocycles. The average Bonchev–Trinajstić information content (AvgIpc) is 3.08. The molecule has 7 nitrogen and oxygen atoms in total. The summed E-state index contributed by atoms with van der Waals surface area (Å²) >= 11 is 1.29. The number of nitrogens with one attached hydrogen (secondary N) is 1. The Bertz CT molecular complexity index is 1110. The number of ether oxygens (including phenoxy) is 2. The molecular weight excluding hydrogens is 416 g/mol. The Labute approximate surface area is 183 Å². The van der Waals surface area contributed by atoms with Crippen LogP contribution in [0.2, 0.25) is 0 Å². The van der Waals surface area contributed by atoms with E-state index in [0.29, 0.717) is 10.6 Å². The van der Waals surface area contributed by atoms with Crippen molar-refractivity contribution in [2.45, 2.75) is 13.8 Å². The smallest absolute Gasteiger partial charge is 0.341 e. The van der Waals surface area contributed by atoms with Gasteiger partial charge in [0, 0.05) is 4.88 Å². The van der Waals surface area contributed by atoms with Crippen molar-refractivity contribution < 1.29 is 23.9 Å². The summed E-state index contributed by atoms with van der Waals surface area (Å²) in [6.45, 7) is 3.40. The lowest BCUT2D eigenvalue weighted by molar-refractivity contribution is -0.118. The van der Waals surface area contributed by atoms with E-state index >= 15 is 0 Å². The van der Waals surface area contributed by atoms with E-state index in [4.69, 9.17) is 15.2 Å². The van der Waals surface area contributed by atoms with Gasteiger partial charge in [0.15, 0.2) is 6.61 Å². The second-order valence-corrected chi connectivity index (χ2v) is 7.56. The van der Waals surface area contributed by atoms with Gasteiger partial charge in [-0.3, -0.25) is 9.59 Å². The van der Waals surface area contributed by atoms with Gasteiger partial charge in [-0.25, -0.2) is 4.79 Å². The van der Waals surface area contributed by atoms with Crippen LogP contribution in [-0.4, -0.2) is 31.0 Å². The number of amides is 2. The van der Waals surface area contributed by atoms with Gasteiger partial charge in [-0.05, 0) is 37.1 Å². The average molecular weight is 439 g/mol. The summed E-state index contributed by atoms with van der Waals surface area (Å²) in [6.07, 6.45) is 0. The van der Waals surface area contributed by atoms with Crippen LogP contribution in [0, 0.1) is 6.92 Å². The Kier molecular flexibility index (Phi) is 7.04. The monoisotopic (exact) mass is 438 g/mol. The highest BCUT2D eigenvalue weighted by molar-refractivity contribution is 7.20. The molecule has 0 spiro atoms. The predicted octanol–water partition coefficient (Wildman–Crippen LogP) is 4.02. The molecule has 0 bridgehead atoms. The summed E-state index contributed by atoms with van der Waals surface area (Å²) in [6, 6.07) is 16.0. The molecule has 3 N–H and O–H groups in total. The molecule has 8 heteroatoms. The van der Waals surface area contributed by atoms with Gasteiger partial charge in [0.2, 0.25) is 0 Å². The van der Waals surface area contributed by atoms with Gasteiger partial charge in [0.25, 0.3) is 11.8 Å². The number of nitrogens with two attached hydrogens (primary N) is 1. The lowest BCUT2D eigenvalue weighted by Crippen LogP contribution is -2.22. The van der Waals surface area contributed by atoms with Crippen molar-refractivity contribution in [3.8, 4) is 16.2 Å². The van der Waals surface area contributed by atoms with E-state index in [-0.39, 0.29) is 24.5 Å². The van der Waals surface area contributed by atoms with Gasteiger partial charge in [-0.1, -0.05) is 42.5 Å². The number of primary amides is 1. The number of hydrogen-bond donors (Lipinski definition) is 2. The lowest BCUT2D eigenvalue weighted by Gasteiger charge is -2.10. The fraction of sp³-hybridized carbons (Fsp3) is 0.174. The molecule has 0 radical (unpaired) electrons. The van der Waals surface area contributed by atoms with E-state index in [2.05, 4.69) is 5.32 Å². The van der Waals surface area contributed by atoms with Crippen molar-refractivity contribution in [1.29, 1.82) is 0 Å². The molecule has 1 heterocycles. The summed E-state index contributed by atoms with van der Waals surface area (Å²) in [5.74, 6) is -1.43. The van der Waals surface area contributed by atoms with Crippen molar-refractivity contribution in [1.82, 2.24) is 0 Å². The molecule has 0 saturated carbocycles. The molecule has 0 unspecified atom stereocenters. The molecular formula is C23H22N2O5S. The molecule has 0 aliphatic carbocycles. The van der Waals surface area contributed by atoms with Crippen molar-refractivity contribution in [2.24, 2.45) is 5.73 Å². The van der Waals surface area contributed by atoms with E-state index in [9.17, 15) is 14.4 Å². The van der Waals surface area contributed by atoms with Gasteiger partial charge in [0.05, 0.1) is 17.7 Å². The number of hydrogen-bond acceptors (Lipinski definition) is 6. The van der Waals surface area contributed by atoms with Gasteiger partial charge in [-0.15, -0.1) is 11.3 Å². The minimum Gasteiger partial charge on any atom is -0.483 e. The molecule has 160 valence electrons. The third kappa shape index (κ3) is 5.10. The Balaban J connectivity index is 1.84. The fourth-order valence-electron chi connectivity index (χ4n) is 3.02. The molecule has 31 heavy (non-hydrogen) atoms. The zero-order valence-corrected chi connectivity index (χ0v) is 18.0. The number of carbonyl (C=O) groups is 3. The highest BCUT2D eigenvalue weighted by atomic mass is 32.1. The first kappa shape index (κ1) is 22.0. The van der Waals surface area contributed by atoms with Gasteiger partial charge >= 0.3 is 5.97 Å². The van der Waals surface area contributed by atoms with Crippen molar-refractivity contribution in [2.75, 3.05) is 18.5 Å². The zero-order valence-electron chi connectivity index (χ0n) is 17.1. The van der Waals surface area contributed by atoms with Gasteiger partial charge < -0.3 is 20.5 Å². The first-order valence-electron chi connectivity index (χ1n) is 9.59. The maximum Gasteiger partial charge on any atom is 0.341 e. The van der Waals surface area contributed by atoms with E-state index in [0.717, 1.165) is 16.0 Å². The van der Waals surface area contributed by atoms with Crippen LogP contribution in [-0.2, 0) is 9.53 Å². The number of benzene rings is 2. The first-order valence-corrected chi connectivity index (χ1v) is 10.4. The van der Waals surface area contributed by atoms with Crippen LogP contribution < -0.4 is 15.8 Å². The maximum absolute atomic E-state index is 12.6. The molecule has 2 amide bonds. The van der Waals surface area contributed by atoms with Gasteiger partial charge in [0.1, 0.15) is 10.8 Å². The van der Waals surface area contributed by atoms with Crippen LogP contribution in [0.25, 0.3) is 10.4 Å². The third-order valence-electron chi connectivity index (χ3n) is 4.43. The predicted molar refractivity (Wildman–Crippen MR) is 120 cm³/mol. The van der Waals surface area contributed by atoms with Crippen LogP contribution in [0.3, 0.4) is 0 Å². The Morgan fingerprint density at radius 1 is 1.03 bits per heavy atom. The zero-order chi connectivity index (χ0) is 22.4. The van der Waals surface area contributed by atoms with E-state index < -0.39 is 17.8 Å². The molecule has 0 fully saturated rings. The number of carbonyl (C=O) groups excluding carboxylic acids is 3. The SMILES string of the molecule is CCOC(=O)c1c(NC(=O)COc2ccccc2C(N)=O)sc(-c2ccccc2)c1C. The van der Waals surface area contributed by atoms with Gasteiger partial charge in [-0.2, -0.15) is 0 Å². The highest BCUT2D eigenvalue weighted by Gasteiger charge is 2.24. The Morgan fingerprint density at radius 2 is 1.71 bits per heavy atom. The molecule has 0 saturated heterocycles. The minimum absolute atomic E-state index is 0.181. The van der Waals surface area contributed by atoms with Crippen LogP contribution in [0.4, 0.5) is 5.00 Å². The molecule has 0 aliphatic rings. The molecule has 3 aromatic rings. The number of thiophene rings is 1.